The summed E-state index contributed by atoms with van der Waals surface area (Å²) in [7, 11) is 0. The summed E-state index contributed by atoms with van der Waals surface area (Å²) in [6.07, 6.45) is 1.74. The largest absolute Gasteiger partial charge is 0.454 e. The third kappa shape index (κ3) is 3.38. The number of fused-ring (bicyclic) bond motifs is 1. The van der Waals surface area contributed by atoms with E-state index < -0.39 is 0 Å². The summed E-state index contributed by atoms with van der Waals surface area (Å²) < 4.78 is 17.8. The van der Waals surface area contributed by atoms with Crippen molar-refractivity contribution in [1.82, 2.24) is 14.7 Å². The van der Waals surface area contributed by atoms with Gasteiger partial charge >= 0.3 is 0 Å². The summed E-state index contributed by atoms with van der Waals surface area (Å²) in [6.45, 7) is 2.71. The van der Waals surface area contributed by atoms with Crippen LogP contribution in [-0.2, 0) is 6.54 Å². The van der Waals surface area contributed by atoms with Crippen LogP contribution in [0, 0.1) is 6.92 Å². The molecule has 0 saturated heterocycles. The smallest absolute Gasteiger partial charge is 0.259 e. The maximum Gasteiger partial charge on any atom is 0.259 e. The van der Waals surface area contributed by atoms with E-state index in [-0.39, 0.29) is 12.4 Å². The summed E-state index contributed by atoms with van der Waals surface area (Å²) >= 11 is 0. The Kier molecular flexibility index (Phi) is 4.13. The number of ether oxygens (including phenoxy) is 2. The van der Waals surface area contributed by atoms with E-state index >= 15 is 0 Å². The van der Waals surface area contributed by atoms with E-state index in [4.69, 9.17) is 14.0 Å². The van der Waals surface area contributed by atoms with Gasteiger partial charge in [-0.2, -0.15) is 4.98 Å². The number of aryl methyl sites for hydroxylation is 1. The third-order valence-electron chi connectivity index (χ3n) is 4.76. The van der Waals surface area contributed by atoms with Gasteiger partial charge in [0.25, 0.3) is 11.4 Å². The van der Waals surface area contributed by atoms with Gasteiger partial charge < -0.3 is 18.6 Å². The van der Waals surface area contributed by atoms with Crippen molar-refractivity contribution in [2.45, 2.75) is 13.5 Å². The third-order valence-corrected chi connectivity index (χ3v) is 4.76. The lowest BCUT2D eigenvalue weighted by Crippen LogP contribution is -2.19. The number of nitrogens with zero attached hydrogens (tertiary/aromatic N) is 3. The lowest BCUT2D eigenvalue weighted by molar-refractivity contribution is 0.174. The van der Waals surface area contributed by atoms with Gasteiger partial charge in [0.1, 0.15) is 0 Å². The molecule has 1 aliphatic heterocycles. The quantitative estimate of drug-likeness (QED) is 0.532. The summed E-state index contributed by atoms with van der Waals surface area (Å²) in [5, 5.41) is 4.06. The Balaban J connectivity index is 1.44. The Hall–Kier alpha value is -3.87. The highest BCUT2D eigenvalue weighted by molar-refractivity contribution is 5.63. The molecule has 4 aromatic rings. The predicted octanol–water partition coefficient (Wildman–Crippen LogP) is 3.65. The average molecular weight is 387 g/mol. The highest BCUT2D eigenvalue weighted by Crippen LogP contribution is 2.35. The van der Waals surface area contributed by atoms with Crippen molar-refractivity contribution in [2.75, 3.05) is 6.79 Å². The molecule has 2 aromatic carbocycles. The lowest BCUT2D eigenvalue weighted by atomic mass is 10.1. The van der Waals surface area contributed by atoms with E-state index in [1.165, 1.54) is 11.6 Å². The molecule has 7 nitrogen and oxygen atoms in total. The monoisotopic (exact) mass is 387 g/mol. The van der Waals surface area contributed by atoms with E-state index in [2.05, 4.69) is 10.1 Å². The fourth-order valence-corrected chi connectivity index (χ4v) is 3.17. The minimum atomic E-state index is -0.0927. The van der Waals surface area contributed by atoms with Crippen LogP contribution in [0.5, 0.6) is 11.5 Å². The molecule has 0 aliphatic carbocycles. The highest BCUT2D eigenvalue weighted by atomic mass is 16.7. The van der Waals surface area contributed by atoms with Crippen LogP contribution in [0.15, 0.2) is 70.1 Å². The molecule has 5 rings (SSSR count). The molecule has 0 bridgehead atoms. The zero-order valence-corrected chi connectivity index (χ0v) is 15.7. The normalized spacial score (nSPS) is 12.3. The van der Waals surface area contributed by atoms with Crippen LogP contribution in [0.4, 0.5) is 0 Å². The average Bonchev–Trinajstić information content (AvgIpc) is 3.40. The first-order valence-corrected chi connectivity index (χ1v) is 9.16. The van der Waals surface area contributed by atoms with Crippen LogP contribution in [0.2, 0.25) is 0 Å². The second-order valence-corrected chi connectivity index (χ2v) is 6.86. The number of hydrogen-bond donors (Lipinski definition) is 0. The molecular formula is C22H17N3O4. The first-order chi connectivity index (χ1) is 14.2. The summed E-state index contributed by atoms with van der Waals surface area (Å²) in [4.78, 5) is 16.8. The molecule has 7 heteroatoms. The molecular weight excluding hydrogens is 370 g/mol. The SMILES string of the molecule is Cc1ccc(Cn2cc(-c3nc(-c4ccc5c(c4)OCO5)no3)ccc2=O)cc1. The van der Waals surface area contributed by atoms with Crippen LogP contribution in [0.3, 0.4) is 0 Å². The number of hydrogen-bond acceptors (Lipinski definition) is 6. The summed E-state index contributed by atoms with van der Waals surface area (Å²) in [5.41, 5.74) is 3.57. The van der Waals surface area contributed by atoms with Crippen molar-refractivity contribution >= 4 is 0 Å². The number of rotatable bonds is 4. The van der Waals surface area contributed by atoms with Crippen molar-refractivity contribution in [3.05, 3.63) is 82.3 Å². The summed E-state index contributed by atoms with van der Waals surface area (Å²) in [6, 6.07) is 16.8. The Morgan fingerprint density at radius 2 is 1.76 bits per heavy atom. The number of pyridine rings is 1. The number of benzene rings is 2. The fraction of sp³-hybridized carbons (Fsp3) is 0.136. The maximum atomic E-state index is 12.3. The molecule has 0 N–H and O–H groups in total. The second kappa shape index (κ2) is 6.94. The minimum Gasteiger partial charge on any atom is -0.454 e. The fourth-order valence-electron chi connectivity index (χ4n) is 3.17. The van der Waals surface area contributed by atoms with Gasteiger partial charge in [0.05, 0.1) is 12.1 Å². The molecule has 1 aliphatic rings. The maximum absolute atomic E-state index is 12.3. The first kappa shape index (κ1) is 17.2. The molecule has 0 radical (unpaired) electrons. The molecule has 144 valence electrons. The Bertz CT molecular complexity index is 1240. The van der Waals surface area contributed by atoms with Gasteiger partial charge in [-0.25, -0.2) is 0 Å². The highest BCUT2D eigenvalue weighted by Gasteiger charge is 2.17. The van der Waals surface area contributed by atoms with Gasteiger partial charge in [0.15, 0.2) is 11.5 Å². The topological polar surface area (TPSA) is 79.4 Å². The van der Waals surface area contributed by atoms with Gasteiger partial charge in [0.2, 0.25) is 12.6 Å². The van der Waals surface area contributed by atoms with Crippen LogP contribution in [0.1, 0.15) is 11.1 Å². The van der Waals surface area contributed by atoms with Crippen molar-refractivity contribution in [2.24, 2.45) is 0 Å². The first-order valence-electron chi connectivity index (χ1n) is 9.16. The molecule has 0 atom stereocenters. The van der Waals surface area contributed by atoms with Gasteiger partial charge in [-0.1, -0.05) is 35.0 Å². The van der Waals surface area contributed by atoms with Gasteiger partial charge in [-0.15, -0.1) is 0 Å². The van der Waals surface area contributed by atoms with Gasteiger partial charge in [0, 0.05) is 17.8 Å². The van der Waals surface area contributed by atoms with Crippen molar-refractivity contribution in [3.8, 4) is 34.3 Å². The molecule has 0 fully saturated rings. The van der Waals surface area contributed by atoms with Crippen LogP contribution in [0.25, 0.3) is 22.8 Å². The van der Waals surface area contributed by atoms with E-state index in [1.807, 2.05) is 49.4 Å². The summed E-state index contributed by atoms with van der Waals surface area (Å²) in [5.74, 6) is 2.13. The molecule has 3 heterocycles. The predicted molar refractivity (Wildman–Crippen MR) is 106 cm³/mol. The van der Waals surface area contributed by atoms with Gasteiger partial charge in [-0.3, -0.25) is 4.79 Å². The Labute approximate surface area is 166 Å². The molecule has 0 spiro atoms. The van der Waals surface area contributed by atoms with E-state index in [1.54, 1.807) is 16.8 Å². The van der Waals surface area contributed by atoms with Crippen LogP contribution >= 0.6 is 0 Å². The lowest BCUT2D eigenvalue weighted by Gasteiger charge is -2.07. The molecule has 29 heavy (non-hydrogen) atoms. The second-order valence-electron chi connectivity index (χ2n) is 6.86. The van der Waals surface area contributed by atoms with Crippen LogP contribution < -0.4 is 15.0 Å². The molecule has 0 saturated carbocycles. The zero-order chi connectivity index (χ0) is 19.8. The Morgan fingerprint density at radius 1 is 0.966 bits per heavy atom. The molecule has 0 unspecified atom stereocenters. The van der Waals surface area contributed by atoms with Crippen molar-refractivity contribution in [1.29, 1.82) is 0 Å². The Morgan fingerprint density at radius 3 is 2.62 bits per heavy atom. The van der Waals surface area contributed by atoms with Crippen molar-refractivity contribution in [3.63, 3.8) is 0 Å². The van der Waals surface area contributed by atoms with Crippen LogP contribution in [-0.4, -0.2) is 21.5 Å². The molecule has 2 aromatic heterocycles. The molecule has 0 amide bonds. The standard InChI is InChI=1S/C22H17N3O4/c1-14-2-4-15(5-3-14)11-25-12-17(7-9-20(25)26)22-23-21(24-29-22)16-6-8-18-19(10-16)28-13-27-18/h2-10,12H,11,13H2,1H3. The minimum absolute atomic E-state index is 0.0927. The van der Waals surface area contributed by atoms with E-state index in [0.29, 0.717) is 35.3 Å². The van der Waals surface area contributed by atoms with Crippen molar-refractivity contribution < 1.29 is 14.0 Å². The van der Waals surface area contributed by atoms with E-state index in [0.717, 1.165) is 11.1 Å². The van der Waals surface area contributed by atoms with E-state index in [9.17, 15) is 4.79 Å². The number of aromatic nitrogens is 3. The van der Waals surface area contributed by atoms with Gasteiger partial charge in [-0.05, 0) is 36.8 Å². The zero-order valence-electron chi connectivity index (χ0n) is 15.7.